The number of aromatic nitrogens is 2. The lowest BCUT2D eigenvalue weighted by atomic mass is 9.98. The van der Waals surface area contributed by atoms with Crippen LogP contribution in [0.3, 0.4) is 0 Å². The van der Waals surface area contributed by atoms with Gasteiger partial charge in [-0.05, 0) is 18.1 Å². The summed E-state index contributed by atoms with van der Waals surface area (Å²) in [4.78, 5) is 27.4. The molecule has 8 nitrogen and oxygen atoms in total. The first-order chi connectivity index (χ1) is 13.5. The second kappa shape index (κ2) is 8.43. The summed E-state index contributed by atoms with van der Waals surface area (Å²) in [5.41, 5.74) is 0.954. The Hall–Kier alpha value is -3.55. The second-order valence-corrected chi connectivity index (χ2v) is 6.47. The number of nitrogens with one attached hydrogen (secondary N) is 1. The maximum atomic E-state index is 12.6. The van der Waals surface area contributed by atoms with E-state index in [0.29, 0.717) is 11.1 Å². The molecule has 3 rings (SSSR count). The molecule has 0 saturated carbocycles. The van der Waals surface area contributed by atoms with E-state index in [-0.39, 0.29) is 29.2 Å². The minimum absolute atomic E-state index is 0.0473. The molecule has 3 aromatic rings. The quantitative estimate of drug-likeness (QED) is 0.486. The highest BCUT2D eigenvalue weighted by Crippen LogP contribution is 2.27. The van der Waals surface area contributed by atoms with E-state index in [0.717, 1.165) is 6.42 Å². The van der Waals surface area contributed by atoms with Gasteiger partial charge in [0.05, 0.1) is 4.92 Å². The monoisotopic (exact) mass is 380 g/mol. The standard InChI is InChI=1S/C20H20N4O4/c1-3-13(2)17(21-19(25)14-8-5-4-6-9-14)20-22-18(23-28-20)15-10-7-11-16(12-15)24(26)27/h4-13,17H,3H2,1-2H3,(H,21,25)/t13-,17+/m0/s1. The normalized spacial score (nSPS) is 12.9. The van der Waals surface area contributed by atoms with Crippen LogP contribution < -0.4 is 5.32 Å². The van der Waals surface area contributed by atoms with Crippen molar-refractivity contribution >= 4 is 11.6 Å². The molecule has 8 heteroatoms. The third-order valence-electron chi connectivity index (χ3n) is 4.56. The fourth-order valence-electron chi connectivity index (χ4n) is 2.73. The number of nitrogens with zero attached hydrogens (tertiary/aromatic N) is 3. The van der Waals surface area contributed by atoms with Crippen molar-refractivity contribution in [3.05, 3.63) is 76.2 Å². The fraction of sp³-hybridized carbons (Fsp3) is 0.250. The summed E-state index contributed by atoms with van der Waals surface area (Å²) in [6, 6.07) is 14.4. The Labute approximate surface area is 161 Å². The highest BCUT2D eigenvalue weighted by Gasteiger charge is 2.27. The van der Waals surface area contributed by atoms with E-state index >= 15 is 0 Å². The second-order valence-electron chi connectivity index (χ2n) is 6.47. The third-order valence-corrected chi connectivity index (χ3v) is 4.56. The number of non-ortho nitro benzene ring substituents is 1. The van der Waals surface area contributed by atoms with Crippen LogP contribution in [0.15, 0.2) is 59.1 Å². The van der Waals surface area contributed by atoms with Gasteiger partial charge in [-0.3, -0.25) is 14.9 Å². The van der Waals surface area contributed by atoms with Crippen molar-refractivity contribution in [2.45, 2.75) is 26.3 Å². The molecule has 0 unspecified atom stereocenters. The maximum absolute atomic E-state index is 12.6. The van der Waals surface area contributed by atoms with Crippen LogP contribution >= 0.6 is 0 Å². The third kappa shape index (κ3) is 4.22. The summed E-state index contributed by atoms with van der Waals surface area (Å²) in [5, 5.41) is 17.9. The lowest BCUT2D eigenvalue weighted by Crippen LogP contribution is -2.32. The van der Waals surface area contributed by atoms with E-state index in [9.17, 15) is 14.9 Å². The largest absolute Gasteiger partial charge is 0.340 e. The fourth-order valence-corrected chi connectivity index (χ4v) is 2.73. The molecular formula is C20H20N4O4. The number of carbonyl (C=O) groups is 1. The molecule has 2 atom stereocenters. The molecule has 1 aromatic heterocycles. The summed E-state index contributed by atoms with van der Waals surface area (Å²) in [7, 11) is 0. The number of hydrogen-bond acceptors (Lipinski definition) is 6. The van der Waals surface area contributed by atoms with Gasteiger partial charge in [-0.15, -0.1) is 0 Å². The molecule has 0 saturated heterocycles. The van der Waals surface area contributed by atoms with Crippen molar-refractivity contribution in [3.63, 3.8) is 0 Å². The smallest absolute Gasteiger partial charge is 0.270 e. The van der Waals surface area contributed by atoms with E-state index in [2.05, 4.69) is 15.5 Å². The average Bonchev–Trinajstić information content (AvgIpc) is 3.22. The molecule has 2 aromatic carbocycles. The molecular weight excluding hydrogens is 360 g/mol. The highest BCUT2D eigenvalue weighted by atomic mass is 16.6. The molecule has 1 heterocycles. The summed E-state index contributed by atoms with van der Waals surface area (Å²) >= 11 is 0. The molecule has 0 aliphatic rings. The highest BCUT2D eigenvalue weighted by molar-refractivity contribution is 5.94. The Morgan fingerprint density at radius 3 is 2.64 bits per heavy atom. The van der Waals surface area contributed by atoms with Gasteiger partial charge >= 0.3 is 0 Å². The number of nitro benzene ring substituents is 1. The van der Waals surface area contributed by atoms with Crippen molar-refractivity contribution in [1.82, 2.24) is 15.5 Å². The summed E-state index contributed by atoms with van der Waals surface area (Å²) in [6.45, 7) is 3.98. The number of amides is 1. The van der Waals surface area contributed by atoms with Crippen molar-refractivity contribution in [1.29, 1.82) is 0 Å². The predicted molar refractivity (Wildman–Crippen MR) is 102 cm³/mol. The molecule has 0 aliphatic carbocycles. The lowest BCUT2D eigenvalue weighted by molar-refractivity contribution is -0.384. The molecule has 144 valence electrons. The number of benzene rings is 2. The van der Waals surface area contributed by atoms with Crippen molar-refractivity contribution in [2.24, 2.45) is 5.92 Å². The van der Waals surface area contributed by atoms with Crippen LogP contribution in [0.2, 0.25) is 0 Å². The Bertz CT molecular complexity index is 971. The Kier molecular flexibility index (Phi) is 5.78. The zero-order chi connectivity index (χ0) is 20.1. The van der Waals surface area contributed by atoms with Gasteiger partial charge in [0.15, 0.2) is 0 Å². The van der Waals surface area contributed by atoms with E-state index in [1.165, 1.54) is 12.1 Å². The summed E-state index contributed by atoms with van der Waals surface area (Å²) in [6.07, 6.45) is 0.786. The first-order valence-corrected chi connectivity index (χ1v) is 8.94. The number of carbonyl (C=O) groups excluding carboxylic acids is 1. The summed E-state index contributed by atoms with van der Waals surface area (Å²) in [5.74, 6) is 0.313. The molecule has 0 aliphatic heterocycles. The van der Waals surface area contributed by atoms with Crippen LogP contribution in [0, 0.1) is 16.0 Å². The van der Waals surface area contributed by atoms with E-state index in [1.807, 2.05) is 19.9 Å². The van der Waals surface area contributed by atoms with Gasteiger partial charge in [-0.2, -0.15) is 4.98 Å². The number of nitro groups is 1. The van der Waals surface area contributed by atoms with Crippen LogP contribution in [0.4, 0.5) is 5.69 Å². The van der Waals surface area contributed by atoms with Crippen LogP contribution in [0.25, 0.3) is 11.4 Å². The SMILES string of the molecule is CC[C@H](C)[C@@H](NC(=O)c1ccccc1)c1nc(-c2cccc([N+](=O)[O-])c2)no1. The van der Waals surface area contributed by atoms with Crippen LogP contribution in [-0.2, 0) is 0 Å². The van der Waals surface area contributed by atoms with Crippen molar-refractivity contribution in [3.8, 4) is 11.4 Å². The van der Waals surface area contributed by atoms with Gasteiger partial charge in [-0.25, -0.2) is 0 Å². The van der Waals surface area contributed by atoms with Gasteiger partial charge in [0.25, 0.3) is 11.6 Å². The minimum Gasteiger partial charge on any atom is -0.340 e. The van der Waals surface area contributed by atoms with Gasteiger partial charge in [0.1, 0.15) is 6.04 Å². The predicted octanol–water partition coefficient (Wildman–Crippen LogP) is 4.16. The number of rotatable bonds is 7. The van der Waals surface area contributed by atoms with Gasteiger partial charge in [0.2, 0.25) is 11.7 Å². The zero-order valence-electron chi connectivity index (χ0n) is 15.5. The number of hydrogen-bond donors (Lipinski definition) is 1. The van der Waals surface area contributed by atoms with E-state index in [1.54, 1.807) is 36.4 Å². The van der Waals surface area contributed by atoms with Gasteiger partial charge < -0.3 is 9.84 Å². The van der Waals surface area contributed by atoms with Crippen LogP contribution in [-0.4, -0.2) is 21.0 Å². The van der Waals surface area contributed by atoms with Gasteiger partial charge in [0, 0.05) is 23.3 Å². The summed E-state index contributed by atoms with van der Waals surface area (Å²) < 4.78 is 5.40. The van der Waals surface area contributed by atoms with E-state index in [4.69, 9.17) is 4.52 Å². The molecule has 0 radical (unpaired) electrons. The molecule has 1 amide bonds. The Balaban J connectivity index is 1.87. The molecule has 0 spiro atoms. The lowest BCUT2D eigenvalue weighted by Gasteiger charge is -2.20. The van der Waals surface area contributed by atoms with Crippen molar-refractivity contribution in [2.75, 3.05) is 0 Å². The first-order valence-electron chi connectivity index (χ1n) is 8.94. The first kappa shape index (κ1) is 19.2. The maximum Gasteiger partial charge on any atom is 0.270 e. The Morgan fingerprint density at radius 2 is 1.96 bits per heavy atom. The molecule has 28 heavy (non-hydrogen) atoms. The molecule has 0 fully saturated rings. The minimum atomic E-state index is -0.480. The molecule has 0 bridgehead atoms. The zero-order valence-corrected chi connectivity index (χ0v) is 15.5. The van der Waals surface area contributed by atoms with Crippen molar-refractivity contribution < 1.29 is 14.2 Å². The Morgan fingerprint density at radius 1 is 1.21 bits per heavy atom. The van der Waals surface area contributed by atoms with Gasteiger partial charge in [-0.1, -0.05) is 55.8 Å². The van der Waals surface area contributed by atoms with E-state index < -0.39 is 11.0 Å². The van der Waals surface area contributed by atoms with Crippen LogP contribution in [0.1, 0.15) is 42.6 Å². The molecule has 1 N–H and O–H groups in total. The van der Waals surface area contributed by atoms with Crippen LogP contribution in [0.5, 0.6) is 0 Å². The average molecular weight is 380 g/mol. The topological polar surface area (TPSA) is 111 Å².